The highest BCUT2D eigenvalue weighted by Gasteiger charge is 2.16. The minimum absolute atomic E-state index is 0.0874. The topological polar surface area (TPSA) is 103 Å². The Hall–Kier alpha value is -4.27. The van der Waals surface area contributed by atoms with Gasteiger partial charge in [0, 0.05) is 11.8 Å². The van der Waals surface area contributed by atoms with Crippen LogP contribution >= 0.6 is 0 Å². The summed E-state index contributed by atoms with van der Waals surface area (Å²) >= 11 is 0. The molecule has 0 atom stereocenters. The van der Waals surface area contributed by atoms with Gasteiger partial charge in [0.1, 0.15) is 31.0 Å². The lowest BCUT2D eigenvalue weighted by molar-refractivity contribution is 0.588. The van der Waals surface area contributed by atoms with Gasteiger partial charge in [-0.25, -0.2) is 18.7 Å². The molecule has 0 aliphatic carbocycles. The lowest BCUT2D eigenvalue weighted by Crippen LogP contribution is -2.09. The summed E-state index contributed by atoms with van der Waals surface area (Å²) in [6, 6.07) is 11.5. The summed E-state index contributed by atoms with van der Waals surface area (Å²) in [5, 5.41) is 3.10. The molecular formula is C23H17BF2N6. The zero-order valence-corrected chi connectivity index (χ0v) is 16.8. The predicted octanol–water partition coefficient (Wildman–Crippen LogP) is 3.52. The number of pyridine rings is 3. The average Bonchev–Trinajstić information content (AvgIpc) is 2.74. The van der Waals surface area contributed by atoms with E-state index >= 15 is 0 Å². The van der Waals surface area contributed by atoms with Crippen LogP contribution in [0.25, 0.3) is 28.2 Å². The summed E-state index contributed by atoms with van der Waals surface area (Å²) in [4.78, 5) is 12.8. The number of benzene rings is 1. The van der Waals surface area contributed by atoms with Crippen molar-refractivity contribution in [1.82, 2.24) is 15.0 Å². The molecule has 3 aromatic heterocycles. The van der Waals surface area contributed by atoms with Gasteiger partial charge in [0.2, 0.25) is 0 Å². The molecule has 0 saturated carbocycles. The molecule has 0 saturated heterocycles. The Balaban J connectivity index is 1.72. The first kappa shape index (κ1) is 21.0. The van der Waals surface area contributed by atoms with Crippen molar-refractivity contribution in [2.24, 2.45) is 0 Å². The molecule has 0 spiro atoms. The molecule has 0 fully saturated rings. The fourth-order valence-electron chi connectivity index (χ4n) is 3.24. The van der Waals surface area contributed by atoms with E-state index in [4.69, 9.17) is 19.3 Å². The van der Waals surface area contributed by atoms with Gasteiger partial charge in [-0.2, -0.15) is 0 Å². The first-order valence-electron chi connectivity index (χ1n) is 9.48. The van der Waals surface area contributed by atoms with Crippen molar-refractivity contribution in [1.29, 1.82) is 0 Å². The number of nitrogen functional groups attached to an aromatic ring is 2. The lowest BCUT2D eigenvalue weighted by Gasteiger charge is -2.16. The number of nitrogens with two attached hydrogens (primary N) is 2. The van der Waals surface area contributed by atoms with Crippen LogP contribution in [0.5, 0.6) is 0 Å². The summed E-state index contributed by atoms with van der Waals surface area (Å²) in [6.07, 6.45) is 3.16. The summed E-state index contributed by atoms with van der Waals surface area (Å²) in [5.74, 6) is -1.19. The monoisotopic (exact) mass is 426 g/mol. The minimum atomic E-state index is -0.730. The molecule has 9 heteroatoms. The molecule has 1 aromatic carbocycles. The van der Waals surface area contributed by atoms with E-state index in [0.29, 0.717) is 28.1 Å². The Morgan fingerprint density at radius 2 is 1.72 bits per heavy atom. The molecule has 6 nitrogen and oxygen atoms in total. The van der Waals surface area contributed by atoms with Crippen LogP contribution in [-0.4, -0.2) is 22.8 Å². The van der Waals surface area contributed by atoms with E-state index < -0.39 is 11.6 Å². The Morgan fingerprint density at radius 1 is 0.969 bits per heavy atom. The highest BCUT2D eigenvalue weighted by molar-refractivity contribution is 6.32. The van der Waals surface area contributed by atoms with Gasteiger partial charge >= 0.3 is 0 Å². The quantitative estimate of drug-likeness (QED) is 0.422. The first-order chi connectivity index (χ1) is 15.3. The number of hydrogen-bond acceptors (Lipinski definition) is 6. The van der Waals surface area contributed by atoms with E-state index in [2.05, 4.69) is 26.8 Å². The van der Waals surface area contributed by atoms with Crippen LogP contribution in [0.2, 0.25) is 0 Å². The van der Waals surface area contributed by atoms with Crippen molar-refractivity contribution in [3.05, 3.63) is 84.8 Å². The van der Waals surface area contributed by atoms with Crippen LogP contribution in [0, 0.1) is 11.6 Å². The van der Waals surface area contributed by atoms with E-state index in [1.54, 1.807) is 30.6 Å². The molecule has 2 radical (unpaired) electrons. The smallest absolute Gasteiger partial charge is 0.135 e. The van der Waals surface area contributed by atoms with Gasteiger partial charge < -0.3 is 16.8 Å². The Kier molecular flexibility index (Phi) is 5.55. The fraction of sp³-hybridized carbons (Fsp3) is 0. The van der Waals surface area contributed by atoms with Crippen molar-refractivity contribution >= 4 is 36.2 Å². The summed E-state index contributed by atoms with van der Waals surface area (Å²) in [7, 11) is 5.89. The van der Waals surface area contributed by atoms with Gasteiger partial charge in [0.05, 0.1) is 40.2 Å². The van der Waals surface area contributed by atoms with Crippen LogP contribution in [0.15, 0.2) is 67.5 Å². The third-order valence-corrected chi connectivity index (χ3v) is 4.68. The van der Waals surface area contributed by atoms with Crippen molar-refractivity contribution in [3.8, 4) is 22.5 Å². The van der Waals surface area contributed by atoms with Crippen LogP contribution in [0.4, 0.5) is 26.0 Å². The largest absolute Gasteiger partial charge is 0.397 e. The number of aromatic nitrogens is 3. The molecule has 3 heterocycles. The van der Waals surface area contributed by atoms with Crippen LogP contribution in [-0.2, 0) is 0 Å². The standard InChI is InChI=1S/C23H17BF2N6/c1-12(23-17(27)5-6-18(32-23)22-15(25)3-2-4-16(22)26)30-20-11-29-8-7-14(20)19-9-13(24)10-21(28)31-19/h2-11,30H,1,27H2,(H2,28,31). The van der Waals surface area contributed by atoms with E-state index in [-0.39, 0.29) is 28.5 Å². The average molecular weight is 426 g/mol. The van der Waals surface area contributed by atoms with Crippen molar-refractivity contribution in [2.45, 2.75) is 0 Å². The number of nitrogens with zero attached hydrogens (tertiary/aromatic N) is 3. The lowest BCUT2D eigenvalue weighted by atomic mass is 9.95. The summed E-state index contributed by atoms with van der Waals surface area (Å²) in [6.45, 7) is 3.99. The first-order valence-corrected chi connectivity index (χ1v) is 9.48. The maximum atomic E-state index is 14.2. The number of halogens is 2. The van der Waals surface area contributed by atoms with E-state index in [1.807, 2.05) is 0 Å². The van der Waals surface area contributed by atoms with Crippen molar-refractivity contribution < 1.29 is 8.78 Å². The van der Waals surface area contributed by atoms with E-state index in [0.717, 1.165) is 12.1 Å². The molecule has 0 aliphatic heterocycles. The Bertz CT molecular complexity index is 1300. The molecule has 156 valence electrons. The summed E-state index contributed by atoms with van der Waals surface area (Å²) in [5.41, 5.74) is 14.7. The zero-order valence-electron chi connectivity index (χ0n) is 16.8. The number of nitrogens with one attached hydrogen (secondary N) is 1. The van der Waals surface area contributed by atoms with Crippen LogP contribution < -0.4 is 22.2 Å². The molecule has 4 aromatic rings. The molecule has 32 heavy (non-hydrogen) atoms. The molecule has 0 amide bonds. The number of rotatable bonds is 5. The maximum absolute atomic E-state index is 14.2. The van der Waals surface area contributed by atoms with Gasteiger partial charge in [0.25, 0.3) is 0 Å². The highest BCUT2D eigenvalue weighted by Crippen LogP contribution is 2.31. The zero-order chi connectivity index (χ0) is 22.8. The molecule has 0 aliphatic rings. The van der Waals surface area contributed by atoms with Crippen LogP contribution in [0.1, 0.15) is 5.69 Å². The van der Waals surface area contributed by atoms with E-state index in [1.165, 1.54) is 18.2 Å². The van der Waals surface area contributed by atoms with Gasteiger partial charge in [-0.15, -0.1) is 0 Å². The molecular weight excluding hydrogens is 409 g/mol. The van der Waals surface area contributed by atoms with Gasteiger partial charge in [-0.3, -0.25) is 4.98 Å². The fourth-order valence-corrected chi connectivity index (χ4v) is 3.24. The molecule has 0 unspecified atom stereocenters. The number of hydrogen-bond donors (Lipinski definition) is 3. The van der Waals surface area contributed by atoms with Gasteiger partial charge in [0.15, 0.2) is 0 Å². The Morgan fingerprint density at radius 3 is 2.44 bits per heavy atom. The maximum Gasteiger partial charge on any atom is 0.135 e. The normalized spacial score (nSPS) is 10.7. The van der Waals surface area contributed by atoms with E-state index in [9.17, 15) is 8.78 Å². The molecule has 0 bridgehead atoms. The predicted molar refractivity (Wildman–Crippen MR) is 124 cm³/mol. The second-order valence-corrected chi connectivity index (χ2v) is 6.97. The van der Waals surface area contributed by atoms with Crippen LogP contribution in [0.3, 0.4) is 0 Å². The second-order valence-electron chi connectivity index (χ2n) is 6.97. The minimum Gasteiger partial charge on any atom is -0.397 e. The Labute approximate surface area is 184 Å². The SMILES string of the molecule is [B]c1cc(N)nc(-c2ccncc2NC(=C)c2nc(-c3c(F)cccc3F)ccc2N)c1. The third kappa shape index (κ3) is 4.13. The van der Waals surface area contributed by atoms with Gasteiger partial charge in [-0.05, 0) is 42.5 Å². The highest BCUT2D eigenvalue weighted by atomic mass is 19.1. The number of anilines is 3. The molecule has 4 rings (SSSR count). The second kappa shape index (κ2) is 8.47. The molecule has 5 N–H and O–H groups in total. The van der Waals surface area contributed by atoms with Crippen molar-refractivity contribution in [3.63, 3.8) is 0 Å². The summed E-state index contributed by atoms with van der Waals surface area (Å²) < 4.78 is 28.5. The van der Waals surface area contributed by atoms with Gasteiger partial charge in [-0.1, -0.05) is 18.1 Å². The third-order valence-electron chi connectivity index (χ3n) is 4.68. The van der Waals surface area contributed by atoms with Crippen molar-refractivity contribution in [2.75, 3.05) is 16.8 Å².